The van der Waals surface area contributed by atoms with Gasteiger partial charge in [0, 0.05) is 13.1 Å². The number of hydrogen-bond acceptors (Lipinski definition) is 2. The Morgan fingerprint density at radius 1 is 1.64 bits per heavy atom. The van der Waals surface area contributed by atoms with Gasteiger partial charge in [-0.1, -0.05) is 20.3 Å². The molecule has 11 heavy (non-hydrogen) atoms. The molecule has 1 N–H and O–H groups in total. The summed E-state index contributed by atoms with van der Waals surface area (Å²) in [5, 5.41) is 9.46. The van der Waals surface area contributed by atoms with Crippen molar-refractivity contribution in [2.24, 2.45) is 5.92 Å². The van der Waals surface area contributed by atoms with E-state index in [4.69, 9.17) is 0 Å². The molecule has 0 aromatic carbocycles. The van der Waals surface area contributed by atoms with Crippen LogP contribution in [0.5, 0.6) is 0 Å². The zero-order valence-corrected chi connectivity index (χ0v) is 7.58. The van der Waals surface area contributed by atoms with Gasteiger partial charge in [0.2, 0.25) is 0 Å². The molecule has 1 rings (SSSR count). The minimum Gasteiger partial charge on any atom is -0.378 e. The van der Waals surface area contributed by atoms with Gasteiger partial charge in [-0.05, 0) is 18.8 Å². The van der Waals surface area contributed by atoms with Gasteiger partial charge >= 0.3 is 0 Å². The highest BCUT2D eigenvalue weighted by Crippen LogP contribution is 2.16. The molecule has 0 aromatic rings. The van der Waals surface area contributed by atoms with E-state index in [1.54, 1.807) is 0 Å². The summed E-state index contributed by atoms with van der Waals surface area (Å²) >= 11 is 0. The summed E-state index contributed by atoms with van der Waals surface area (Å²) in [6, 6.07) is 0. The molecular weight excluding hydrogens is 138 g/mol. The van der Waals surface area contributed by atoms with Gasteiger partial charge in [0.1, 0.15) is 6.23 Å². The summed E-state index contributed by atoms with van der Waals surface area (Å²) in [5.41, 5.74) is 0. The standard InChI is InChI=1S/C9H19NO/c1-3-8(2)7-10-6-4-5-9(10)11/h8-9,11H,3-7H2,1-2H3. The fourth-order valence-corrected chi connectivity index (χ4v) is 1.55. The van der Waals surface area contributed by atoms with Crippen molar-refractivity contribution in [3.63, 3.8) is 0 Å². The summed E-state index contributed by atoms with van der Waals surface area (Å²) in [7, 11) is 0. The molecule has 0 saturated carbocycles. The van der Waals surface area contributed by atoms with Crippen molar-refractivity contribution in [2.45, 2.75) is 39.3 Å². The Kier molecular flexibility index (Phi) is 3.34. The minimum absolute atomic E-state index is 0.149. The Balaban J connectivity index is 2.24. The molecule has 2 unspecified atom stereocenters. The molecule has 1 aliphatic heterocycles. The van der Waals surface area contributed by atoms with Crippen LogP contribution in [0, 0.1) is 5.92 Å². The average molecular weight is 157 g/mol. The van der Waals surface area contributed by atoms with Gasteiger partial charge in [-0.3, -0.25) is 4.90 Å². The Labute approximate surface area is 69.2 Å². The number of aliphatic hydroxyl groups excluding tert-OH is 1. The largest absolute Gasteiger partial charge is 0.378 e. The van der Waals surface area contributed by atoms with Gasteiger partial charge in [-0.15, -0.1) is 0 Å². The molecule has 1 aliphatic rings. The van der Waals surface area contributed by atoms with Crippen LogP contribution in [0.1, 0.15) is 33.1 Å². The molecule has 66 valence electrons. The maximum Gasteiger partial charge on any atom is 0.107 e. The molecule has 0 radical (unpaired) electrons. The molecule has 1 heterocycles. The van der Waals surface area contributed by atoms with E-state index in [-0.39, 0.29) is 6.23 Å². The smallest absolute Gasteiger partial charge is 0.107 e. The van der Waals surface area contributed by atoms with E-state index < -0.39 is 0 Å². The number of rotatable bonds is 3. The quantitative estimate of drug-likeness (QED) is 0.670. The number of aliphatic hydroxyl groups is 1. The first kappa shape index (κ1) is 9.01. The summed E-state index contributed by atoms with van der Waals surface area (Å²) in [6.07, 6.45) is 3.20. The van der Waals surface area contributed by atoms with Crippen LogP contribution in [0.2, 0.25) is 0 Å². The van der Waals surface area contributed by atoms with Crippen molar-refractivity contribution in [1.29, 1.82) is 0 Å². The maximum atomic E-state index is 9.46. The molecule has 0 amide bonds. The lowest BCUT2D eigenvalue weighted by molar-refractivity contribution is 0.0291. The van der Waals surface area contributed by atoms with Crippen molar-refractivity contribution in [1.82, 2.24) is 4.90 Å². The van der Waals surface area contributed by atoms with Crippen LogP contribution in [-0.4, -0.2) is 29.3 Å². The van der Waals surface area contributed by atoms with E-state index in [1.807, 2.05) is 0 Å². The fourth-order valence-electron chi connectivity index (χ4n) is 1.55. The summed E-state index contributed by atoms with van der Waals surface area (Å²) in [5.74, 6) is 0.725. The lowest BCUT2D eigenvalue weighted by Crippen LogP contribution is -2.32. The Morgan fingerprint density at radius 3 is 2.82 bits per heavy atom. The highest BCUT2D eigenvalue weighted by molar-refractivity contribution is 4.71. The third-order valence-electron chi connectivity index (χ3n) is 2.57. The van der Waals surface area contributed by atoms with Gasteiger partial charge in [-0.25, -0.2) is 0 Å². The zero-order valence-electron chi connectivity index (χ0n) is 7.58. The predicted molar refractivity (Wildman–Crippen MR) is 46.3 cm³/mol. The normalized spacial score (nSPS) is 29.2. The van der Waals surface area contributed by atoms with Crippen LogP contribution < -0.4 is 0 Å². The van der Waals surface area contributed by atoms with E-state index in [0.717, 1.165) is 31.8 Å². The number of nitrogens with zero attached hydrogens (tertiary/aromatic N) is 1. The van der Waals surface area contributed by atoms with Crippen molar-refractivity contribution in [3.05, 3.63) is 0 Å². The molecule has 2 atom stereocenters. The second-order valence-electron chi connectivity index (χ2n) is 3.63. The third-order valence-corrected chi connectivity index (χ3v) is 2.57. The topological polar surface area (TPSA) is 23.5 Å². The molecule has 1 saturated heterocycles. The molecular formula is C9H19NO. The average Bonchev–Trinajstić information content (AvgIpc) is 2.37. The zero-order chi connectivity index (χ0) is 8.27. The molecule has 0 bridgehead atoms. The van der Waals surface area contributed by atoms with Gasteiger partial charge in [-0.2, -0.15) is 0 Å². The highest BCUT2D eigenvalue weighted by Gasteiger charge is 2.22. The fraction of sp³-hybridized carbons (Fsp3) is 1.00. The molecule has 0 aliphatic carbocycles. The Bertz CT molecular complexity index is 116. The monoisotopic (exact) mass is 157 g/mol. The number of hydrogen-bond donors (Lipinski definition) is 1. The SMILES string of the molecule is CCC(C)CN1CCCC1O. The van der Waals surface area contributed by atoms with Crippen LogP contribution in [-0.2, 0) is 0 Å². The Morgan fingerprint density at radius 2 is 2.36 bits per heavy atom. The van der Waals surface area contributed by atoms with Crippen LogP contribution >= 0.6 is 0 Å². The van der Waals surface area contributed by atoms with Crippen LogP contribution in [0.25, 0.3) is 0 Å². The summed E-state index contributed by atoms with van der Waals surface area (Å²) < 4.78 is 0. The van der Waals surface area contributed by atoms with Crippen LogP contribution in [0.3, 0.4) is 0 Å². The lowest BCUT2D eigenvalue weighted by Gasteiger charge is -2.22. The highest BCUT2D eigenvalue weighted by atomic mass is 16.3. The third kappa shape index (κ3) is 2.46. The van der Waals surface area contributed by atoms with E-state index in [2.05, 4.69) is 18.7 Å². The first-order chi connectivity index (χ1) is 5.24. The Hall–Kier alpha value is -0.0800. The second kappa shape index (κ2) is 4.07. The van der Waals surface area contributed by atoms with Crippen molar-refractivity contribution in [3.8, 4) is 0 Å². The van der Waals surface area contributed by atoms with E-state index in [9.17, 15) is 5.11 Å². The first-order valence-electron chi connectivity index (χ1n) is 4.66. The molecule has 2 heteroatoms. The molecule has 0 aromatic heterocycles. The predicted octanol–water partition coefficient (Wildman–Crippen LogP) is 1.45. The van der Waals surface area contributed by atoms with Crippen LogP contribution in [0.4, 0.5) is 0 Å². The van der Waals surface area contributed by atoms with E-state index in [0.29, 0.717) is 0 Å². The van der Waals surface area contributed by atoms with Crippen LogP contribution in [0.15, 0.2) is 0 Å². The van der Waals surface area contributed by atoms with Gasteiger partial charge < -0.3 is 5.11 Å². The summed E-state index contributed by atoms with van der Waals surface area (Å²) in [4.78, 5) is 2.19. The van der Waals surface area contributed by atoms with Crippen molar-refractivity contribution in [2.75, 3.05) is 13.1 Å². The van der Waals surface area contributed by atoms with E-state index in [1.165, 1.54) is 6.42 Å². The van der Waals surface area contributed by atoms with E-state index >= 15 is 0 Å². The molecule has 0 spiro atoms. The minimum atomic E-state index is -0.149. The molecule has 2 nitrogen and oxygen atoms in total. The lowest BCUT2D eigenvalue weighted by atomic mass is 10.1. The first-order valence-corrected chi connectivity index (χ1v) is 4.66. The summed E-state index contributed by atoms with van der Waals surface area (Å²) in [6.45, 7) is 6.60. The van der Waals surface area contributed by atoms with Crippen molar-refractivity contribution >= 4 is 0 Å². The van der Waals surface area contributed by atoms with Gasteiger partial charge in [0.05, 0.1) is 0 Å². The second-order valence-corrected chi connectivity index (χ2v) is 3.63. The maximum absolute atomic E-state index is 9.46. The van der Waals surface area contributed by atoms with Gasteiger partial charge in [0.25, 0.3) is 0 Å². The number of likely N-dealkylation sites (tertiary alicyclic amines) is 1. The van der Waals surface area contributed by atoms with Gasteiger partial charge in [0.15, 0.2) is 0 Å². The molecule has 1 fully saturated rings. The van der Waals surface area contributed by atoms with Crippen molar-refractivity contribution < 1.29 is 5.11 Å².